The molecule has 2 heteroatoms. The monoisotopic (exact) mass is 114 g/mol. The summed E-state index contributed by atoms with van der Waals surface area (Å²) in [6.07, 6.45) is 1.96. The highest BCUT2D eigenvalue weighted by Crippen LogP contribution is 2.12. The molecule has 0 aliphatic carbocycles. The maximum atomic E-state index is 8.99. The van der Waals surface area contributed by atoms with Crippen LogP contribution in [0, 0.1) is 0 Å². The lowest BCUT2D eigenvalue weighted by Crippen LogP contribution is -2.16. The highest BCUT2D eigenvalue weighted by Gasteiger charge is 2.22. The Bertz CT molecular complexity index is 90.5. The number of hydrogen-bond donors (Lipinski definition) is 1. The van der Waals surface area contributed by atoms with E-state index < -0.39 is 0 Å². The molecule has 0 spiro atoms. The summed E-state index contributed by atoms with van der Waals surface area (Å²) < 4.78 is 5.05. The Kier molecular flexibility index (Phi) is 1.65. The lowest BCUT2D eigenvalue weighted by molar-refractivity contribution is 0.0751. The second-order valence-electron chi connectivity index (χ2n) is 1.93. The molecule has 0 saturated carbocycles. The summed E-state index contributed by atoms with van der Waals surface area (Å²) in [7, 11) is 0. The Balaban J connectivity index is 2.41. The Morgan fingerprint density at radius 1 is 1.75 bits per heavy atom. The highest BCUT2D eigenvalue weighted by atomic mass is 16.5. The van der Waals surface area contributed by atoms with Crippen molar-refractivity contribution in [3.05, 3.63) is 12.7 Å². The minimum atomic E-state index is -0.313. The van der Waals surface area contributed by atoms with E-state index in [1.165, 1.54) is 0 Å². The summed E-state index contributed by atoms with van der Waals surface area (Å²) in [5.41, 5.74) is 0. The summed E-state index contributed by atoms with van der Waals surface area (Å²) in [4.78, 5) is 0. The molecule has 0 aromatic heterocycles. The van der Waals surface area contributed by atoms with Crippen molar-refractivity contribution in [1.82, 2.24) is 0 Å². The third-order valence-corrected chi connectivity index (χ3v) is 1.34. The van der Waals surface area contributed by atoms with Gasteiger partial charge in [-0.25, -0.2) is 0 Å². The van der Waals surface area contributed by atoms with Gasteiger partial charge >= 0.3 is 0 Å². The maximum Gasteiger partial charge on any atom is 0.101 e. The number of rotatable bonds is 1. The van der Waals surface area contributed by atoms with Gasteiger partial charge in [-0.05, 0) is 6.42 Å². The largest absolute Gasteiger partial charge is 0.390 e. The summed E-state index contributed by atoms with van der Waals surface area (Å²) in [6, 6.07) is 0. The standard InChI is InChI=1S/C6H10O2/c1-2-6-5(7)3-4-8-6/h2,5-7H,1,3-4H2/t5-,6+/m0/s1. The molecule has 0 bridgehead atoms. The summed E-state index contributed by atoms with van der Waals surface area (Å²) in [5.74, 6) is 0. The quantitative estimate of drug-likeness (QED) is 0.497. The average Bonchev–Trinajstić information content (AvgIpc) is 2.14. The molecule has 1 saturated heterocycles. The number of ether oxygens (including phenoxy) is 1. The van der Waals surface area contributed by atoms with E-state index in [2.05, 4.69) is 6.58 Å². The topological polar surface area (TPSA) is 29.5 Å². The third kappa shape index (κ3) is 0.904. The van der Waals surface area contributed by atoms with Crippen LogP contribution in [0.5, 0.6) is 0 Å². The first kappa shape index (κ1) is 5.79. The van der Waals surface area contributed by atoms with Crippen molar-refractivity contribution in [2.75, 3.05) is 6.61 Å². The highest BCUT2D eigenvalue weighted by molar-refractivity contribution is 4.89. The normalized spacial score (nSPS) is 37.6. The van der Waals surface area contributed by atoms with E-state index in [0.29, 0.717) is 6.61 Å². The van der Waals surface area contributed by atoms with Gasteiger partial charge in [0.05, 0.1) is 12.7 Å². The number of aliphatic hydroxyl groups is 1. The van der Waals surface area contributed by atoms with E-state index in [1.54, 1.807) is 6.08 Å². The van der Waals surface area contributed by atoms with Crippen LogP contribution in [0.25, 0.3) is 0 Å². The van der Waals surface area contributed by atoms with E-state index in [4.69, 9.17) is 9.84 Å². The first-order valence-corrected chi connectivity index (χ1v) is 2.77. The van der Waals surface area contributed by atoms with Crippen molar-refractivity contribution in [2.24, 2.45) is 0 Å². The van der Waals surface area contributed by atoms with Crippen molar-refractivity contribution >= 4 is 0 Å². The molecule has 0 amide bonds. The fourth-order valence-corrected chi connectivity index (χ4v) is 0.825. The van der Waals surface area contributed by atoms with Crippen LogP contribution in [0.15, 0.2) is 12.7 Å². The van der Waals surface area contributed by atoms with Gasteiger partial charge < -0.3 is 9.84 Å². The van der Waals surface area contributed by atoms with Gasteiger partial charge in [-0.15, -0.1) is 6.58 Å². The average molecular weight is 114 g/mol. The fourth-order valence-electron chi connectivity index (χ4n) is 0.825. The molecule has 2 nitrogen and oxygen atoms in total. The SMILES string of the molecule is C=C[C@H]1OCC[C@@H]1O. The van der Waals surface area contributed by atoms with Crippen molar-refractivity contribution in [3.8, 4) is 0 Å². The van der Waals surface area contributed by atoms with Crippen molar-refractivity contribution in [3.63, 3.8) is 0 Å². The summed E-state index contributed by atoms with van der Waals surface area (Å²) in [5, 5.41) is 8.99. The van der Waals surface area contributed by atoms with Gasteiger partial charge in [0.1, 0.15) is 6.10 Å². The summed E-state index contributed by atoms with van der Waals surface area (Å²) >= 11 is 0. The molecule has 1 N–H and O–H groups in total. The van der Waals surface area contributed by atoms with E-state index in [-0.39, 0.29) is 12.2 Å². The molecule has 2 atom stereocenters. The Morgan fingerprint density at radius 3 is 2.75 bits per heavy atom. The molecular formula is C6H10O2. The van der Waals surface area contributed by atoms with Gasteiger partial charge in [0.2, 0.25) is 0 Å². The van der Waals surface area contributed by atoms with Crippen LogP contribution in [-0.4, -0.2) is 23.9 Å². The third-order valence-electron chi connectivity index (χ3n) is 1.34. The van der Waals surface area contributed by atoms with Crippen LogP contribution in [0.2, 0.25) is 0 Å². The number of aliphatic hydroxyl groups excluding tert-OH is 1. The van der Waals surface area contributed by atoms with Gasteiger partial charge in [0.25, 0.3) is 0 Å². The molecule has 0 radical (unpaired) electrons. The van der Waals surface area contributed by atoms with Crippen molar-refractivity contribution in [2.45, 2.75) is 18.6 Å². The fraction of sp³-hybridized carbons (Fsp3) is 0.667. The maximum absolute atomic E-state index is 8.99. The Morgan fingerprint density at radius 2 is 2.50 bits per heavy atom. The van der Waals surface area contributed by atoms with Crippen LogP contribution >= 0.6 is 0 Å². The van der Waals surface area contributed by atoms with Crippen LogP contribution in [0.4, 0.5) is 0 Å². The van der Waals surface area contributed by atoms with Crippen molar-refractivity contribution in [1.29, 1.82) is 0 Å². The lowest BCUT2D eigenvalue weighted by Gasteiger charge is -2.05. The first-order chi connectivity index (χ1) is 3.84. The lowest BCUT2D eigenvalue weighted by atomic mass is 10.2. The molecule has 8 heavy (non-hydrogen) atoms. The predicted molar refractivity (Wildman–Crippen MR) is 30.6 cm³/mol. The minimum absolute atomic E-state index is 0.116. The van der Waals surface area contributed by atoms with Crippen molar-refractivity contribution < 1.29 is 9.84 Å². The van der Waals surface area contributed by atoms with Gasteiger partial charge in [-0.1, -0.05) is 6.08 Å². The van der Waals surface area contributed by atoms with E-state index in [1.807, 2.05) is 0 Å². The van der Waals surface area contributed by atoms with E-state index >= 15 is 0 Å². The second-order valence-corrected chi connectivity index (χ2v) is 1.93. The number of hydrogen-bond acceptors (Lipinski definition) is 2. The molecule has 1 rings (SSSR count). The molecular weight excluding hydrogens is 104 g/mol. The zero-order valence-corrected chi connectivity index (χ0v) is 4.71. The van der Waals surface area contributed by atoms with Gasteiger partial charge in [0.15, 0.2) is 0 Å². The molecule has 1 aliphatic rings. The Labute approximate surface area is 48.8 Å². The van der Waals surface area contributed by atoms with Crippen LogP contribution in [0.1, 0.15) is 6.42 Å². The second kappa shape index (κ2) is 2.29. The van der Waals surface area contributed by atoms with Crippen LogP contribution in [-0.2, 0) is 4.74 Å². The zero-order chi connectivity index (χ0) is 5.98. The molecule has 0 aromatic rings. The molecule has 1 heterocycles. The molecule has 46 valence electrons. The zero-order valence-electron chi connectivity index (χ0n) is 4.71. The molecule has 0 aromatic carbocycles. The van der Waals surface area contributed by atoms with E-state index in [0.717, 1.165) is 6.42 Å². The first-order valence-electron chi connectivity index (χ1n) is 2.77. The predicted octanol–water partition coefficient (Wildman–Crippen LogP) is 0.322. The Hall–Kier alpha value is -0.340. The smallest absolute Gasteiger partial charge is 0.101 e. The van der Waals surface area contributed by atoms with Crippen LogP contribution in [0.3, 0.4) is 0 Å². The molecule has 1 fully saturated rings. The molecule has 0 unspecified atom stereocenters. The van der Waals surface area contributed by atoms with E-state index in [9.17, 15) is 0 Å². The van der Waals surface area contributed by atoms with Gasteiger partial charge in [-0.3, -0.25) is 0 Å². The summed E-state index contributed by atoms with van der Waals surface area (Å²) in [6.45, 7) is 4.17. The molecule has 1 aliphatic heterocycles. The van der Waals surface area contributed by atoms with Gasteiger partial charge in [-0.2, -0.15) is 0 Å². The van der Waals surface area contributed by atoms with Gasteiger partial charge in [0, 0.05) is 0 Å². The van der Waals surface area contributed by atoms with Crippen LogP contribution < -0.4 is 0 Å². The minimum Gasteiger partial charge on any atom is -0.390 e.